The second kappa shape index (κ2) is 6.02. The summed E-state index contributed by atoms with van der Waals surface area (Å²) in [4.78, 5) is 10.4. The van der Waals surface area contributed by atoms with Crippen molar-refractivity contribution in [2.24, 2.45) is 0 Å². The Hall–Kier alpha value is -1.62. The van der Waals surface area contributed by atoms with Crippen molar-refractivity contribution in [3.8, 4) is 0 Å². The number of aromatic amines is 1. The van der Waals surface area contributed by atoms with Crippen LogP contribution in [0.3, 0.4) is 0 Å². The van der Waals surface area contributed by atoms with Crippen molar-refractivity contribution in [3.63, 3.8) is 0 Å². The second-order valence-corrected chi connectivity index (χ2v) is 6.39. The fourth-order valence-electron chi connectivity index (χ4n) is 3.22. The minimum Gasteiger partial charge on any atom is -0.346 e. The molecule has 21 heavy (non-hydrogen) atoms. The van der Waals surface area contributed by atoms with Gasteiger partial charge in [-0.2, -0.15) is 5.10 Å². The van der Waals surface area contributed by atoms with Gasteiger partial charge in [0.05, 0.1) is 5.69 Å². The van der Waals surface area contributed by atoms with Crippen molar-refractivity contribution in [1.29, 1.82) is 0 Å². The van der Waals surface area contributed by atoms with Crippen LogP contribution in [0.2, 0.25) is 0 Å². The molecule has 5 heteroatoms. The molecule has 1 aliphatic heterocycles. The first-order valence-corrected chi connectivity index (χ1v) is 7.89. The average molecular weight is 287 g/mol. The van der Waals surface area contributed by atoms with E-state index < -0.39 is 0 Å². The molecule has 0 radical (unpaired) electrons. The van der Waals surface area contributed by atoms with E-state index in [2.05, 4.69) is 51.5 Å². The number of aromatic nitrogens is 4. The molecule has 1 saturated heterocycles. The van der Waals surface area contributed by atoms with Crippen LogP contribution in [0.15, 0.2) is 18.5 Å². The van der Waals surface area contributed by atoms with Gasteiger partial charge in [0.15, 0.2) is 0 Å². The number of aryl methyl sites for hydroxylation is 1. The molecule has 0 bridgehead atoms. The molecule has 114 valence electrons. The zero-order valence-corrected chi connectivity index (χ0v) is 13.2. The van der Waals surface area contributed by atoms with E-state index in [1.54, 1.807) is 0 Å². The third kappa shape index (κ3) is 3.18. The van der Waals surface area contributed by atoms with Gasteiger partial charge < -0.3 is 4.98 Å². The summed E-state index contributed by atoms with van der Waals surface area (Å²) in [6, 6.07) is 2.56. The Labute approximate surface area is 126 Å². The van der Waals surface area contributed by atoms with Gasteiger partial charge in [-0.1, -0.05) is 0 Å². The Morgan fingerprint density at radius 2 is 2.29 bits per heavy atom. The van der Waals surface area contributed by atoms with Crippen LogP contribution in [0.5, 0.6) is 0 Å². The highest BCUT2D eigenvalue weighted by Crippen LogP contribution is 2.26. The van der Waals surface area contributed by atoms with Crippen molar-refractivity contribution >= 4 is 0 Å². The number of likely N-dealkylation sites (tertiary alicyclic amines) is 1. The SMILES string of the molecule is Cc1cnc([C@H]2CCCN(Cc3ccnn3C(C)C)C2)[nH]1. The highest BCUT2D eigenvalue weighted by atomic mass is 15.3. The standard InChI is InChI=1S/C16H25N5/c1-12(2)21-15(6-7-18-21)11-20-8-4-5-14(10-20)16-17-9-13(3)19-16/h6-7,9,12,14H,4-5,8,10-11H2,1-3H3,(H,17,19)/t14-/m0/s1. The molecule has 3 rings (SSSR count). The van der Waals surface area contributed by atoms with Gasteiger partial charge in [-0.3, -0.25) is 9.58 Å². The summed E-state index contributed by atoms with van der Waals surface area (Å²) in [6.45, 7) is 9.66. The van der Waals surface area contributed by atoms with Crippen molar-refractivity contribution in [2.75, 3.05) is 13.1 Å². The van der Waals surface area contributed by atoms with Crippen molar-refractivity contribution in [2.45, 2.75) is 52.1 Å². The van der Waals surface area contributed by atoms with Gasteiger partial charge in [0.25, 0.3) is 0 Å². The molecule has 1 N–H and O–H groups in total. The van der Waals surface area contributed by atoms with E-state index in [0.29, 0.717) is 12.0 Å². The van der Waals surface area contributed by atoms with E-state index in [0.717, 1.165) is 24.6 Å². The summed E-state index contributed by atoms with van der Waals surface area (Å²) < 4.78 is 2.13. The number of hydrogen-bond acceptors (Lipinski definition) is 3. The fourth-order valence-corrected chi connectivity index (χ4v) is 3.22. The monoisotopic (exact) mass is 287 g/mol. The maximum atomic E-state index is 4.52. The van der Waals surface area contributed by atoms with Crippen LogP contribution in [0.25, 0.3) is 0 Å². The molecule has 0 amide bonds. The summed E-state index contributed by atoms with van der Waals surface area (Å²) >= 11 is 0. The van der Waals surface area contributed by atoms with E-state index in [1.165, 1.54) is 25.1 Å². The van der Waals surface area contributed by atoms with Crippen LogP contribution >= 0.6 is 0 Å². The lowest BCUT2D eigenvalue weighted by atomic mass is 9.97. The Kier molecular flexibility index (Phi) is 4.10. The van der Waals surface area contributed by atoms with Crippen LogP contribution in [0.1, 0.15) is 55.9 Å². The summed E-state index contributed by atoms with van der Waals surface area (Å²) in [5.74, 6) is 1.68. The molecular weight excluding hydrogens is 262 g/mol. The predicted octanol–water partition coefficient (Wildman–Crippen LogP) is 2.88. The van der Waals surface area contributed by atoms with E-state index >= 15 is 0 Å². The molecule has 0 saturated carbocycles. The molecular formula is C16H25N5. The van der Waals surface area contributed by atoms with Crippen LogP contribution < -0.4 is 0 Å². The number of imidazole rings is 1. The van der Waals surface area contributed by atoms with Crippen LogP contribution in [-0.4, -0.2) is 37.7 Å². The molecule has 2 aromatic rings. The normalized spacial score (nSPS) is 20.3. The zero-order chi connectivity index (χ0) is 14.8. The van der Waals surface area contributed by atoms with Gasteiger partial charge in [-0.15, -0.1) is 0 Å². The fraction of sp³-hybridized carbons (Fsp3) is 0.625. The third-order valence-electron chi connectivity index (χ3n) is 4.24. The number of H-pyrrole nitrogens is 1. The first-order chi connectivity index (χ1) is 10.1. The highest BCUT2D eigenvalue weighted by molar-refractivity contribution is 5.07. The molecule has 3 heterocycles. The number of nitrogens with one attached hydrogen (secondary N) is 1. The number of piperidine rings is 1. The predicted molar refractivity (Wildman–Crippen MR) is 83.2 cm³/mol. The number of hydrogen-bond donors (Lipinski definition) is 1. The summed E-state index contributed by atoms with van der Waals surface area (Å²) in [5, 5.41) is 4.43. The minimum atomic E-state index is 0.420. The topological polar surface area (TPSA) is 49.7 Å². The van der Waals surface area contributed by atoms with Gasteiger partial charge in [-0.25, -0.2) is 4.98 Å². The number of rotatable bonds is 4. The van der Waals surface area contributed by atoms with E-state index in [9.17, 15) is 0 Å². The number of nitrogens with zero attached hydrogens (tertiary/aromatic N) is 4. The lowest BCUT2D eigenvalue weighted by molar-refractivity contribution is 0.191. The Morgan fingerprint density at radius 3 is 3.00 bits per heavy atom. The van der Waals surface area contributed by atoms with Gasteiger partial charge in [0, 0.05) is 43.1 Å². The van der Waals surface area contributed by atoms with Crippen LogP contribution in [0.4, 0.5) is 0 Å². The third-order valence-corrected chi connectivity index (χ3v) is 4.24. The first-order valence-electron chi connectivity index (χ1n) is 7.89. The van der Waals surface area contributed by atoms with Crippen LogP contribution in [-0.2, 0) is 6.54 Å². The molecule has 2 aromatic heterocycles. The van der Waals surface area contributed by atoms with Crippen molar-refractivity contribution in [3.05, 3.63) is 35.7 Å². The molecule has 0 aromatic carbocycles. The molecule has 5 nitrogen and oxygen atoms in total. The molecule has 1 fully saturated rings. The second-order valence-electron chi connectivity index (χ2n) is 6.39. The average Bonchev–Trinajstić information content (AvgIpc) is 3.08. The van der Waals surface area contributed by atoms with E-state index in [4.69, 9.17) is 0 Å². The Balaban J connectivity index is 1.67. The lowest BCUT2D eigenvalue weighted by Crippen LogP contribution is -2.35. The van der Waals surface area contributed by atoms with Gasteiger partial charge in [0.1, 0.15) is 5.82 Å². The summed E-state index contributed by atoms with van der Waals surface area (Å²) in [5.41, 5.74) is 2.46. The van der Waals surface area contributed by atoms with Crippen molar-refractivity contribution < 1.29 is 0 Å². The largest absolute Gasteiger partial charge is 0.346 e. The van der Waals surface area contributed by atoms with Gasteiger partial charge in [0.2, 0.25) is 0 Å². The first kappa shape index (κ1) is 14.3. The molecule has 0 unspecified atom stereocenters. The molecule has 0 spiro atoms. The van der Waals surface area contributed by atoms with Gasteiger partial charge >= 0.3 is 0 Å². The van der Waals surface area contributed by atoms with Crippen LogP contribution in [0, 0.1) is 6.92 Å². The Bertz CT molecular complexity index is 583. The van der Waals surface area contributed by atoms with Crippen molar-refractivity contribution in [1.82, 2.24) is 24.6 Å². The molecule has 0 aliphatic carbocycles. The molecule has 1 aliphatic rings. The Morgan fingerprint density at radius 1 is 1.43 bits per heavy atom. The lowest BCUT2D eigenvalue weighted by Gasteiger charge is -2.32. The summed E-state index contributed by atoms with van der Waals surface area (Å²) in [7, 11) is 0. The quantitative estimate of drug-likeness (QED) is 0.940. The molecule has 1 atom stereocenters. The smallest absolute Gasteiger partial charge is 0.110 e. The van der Waals surface area contributed by atoms with E-state index in [1.807, 2.05) is 12.4 Å². The highest BCUT2D eigenvalue weighted by Gasteiger charge is 2.24. The zero-order valence-electron chi connectivity index (χ0n) is 13.2. The maximum Gasteiger partial charge on any atom is 0.110 e. The minimum absolute atomic E-state index is 0.420. The summed E-state index contributed by atoms with van der Waals surface area (Å²) in [6.07, 6.45) is 6.31. The maximum absolute atomic E-state index is 4.52. The van der Waals surface area contributed by atoms with Gasteiger partial charge in [-0.05, 0) is 46.2 Å². The van der Waals surface area contributed by atoms with E-state index in [-0.39, 0.29) is 0 Å².